The number of hydrogen-bond acceptors (Lipinski definition) is 29. The molecule has 7 rings (SSSR count). The van der Waals surface area contributed by atoms with E-state index in [9.17, 15) is 101 Å². The molecule has 4 fully saturated rings. The van der Waals surface area contributed by atoms with Gasteiger partial charge in [0.2, 0.25) is 11.6 Å². The Kier molecular flexibility index (Phi) is 35.9. The van der Waals surface area contributed by atoms with E-state index in [0.717, 1.165) is 6.08 Å². The molecule has 33 atom stereocenters. The van der Waals surface area contributed by atoms with Crippen molar-refractivity contribution in [3.63, 3.8) is 0 Å². The molecule has 0 radical (unpaired) electrons. The highest BCUT2D eigenvalue weighted by atomic mass is 16.7. The minimum absolute atomic E-state index is 0.0583. The highest BCUT2D eigenvalue weighted by Gasteiger charge is 2.52. The minimum Gasteiger partial charge on any atom is -0.458 e. The molecule has 2 bridgehead atoms. The van der Waals surface area contributed by atoms with Crippen molar-refractivity contribution >= 4 is 29.3 Å². The fourth-order valence-electron chi connectivity index (χ4n) is 16.5. The molecular weight excluding hydrogens is 1450 g/mol. The zero-order chi connectivity index (χ0) is 82.3. The molecule has 6 aliphatic rings. The summed E-state index contributed by atoms with van der Waals surface area (Å²) in [6.07, 6.45) is -18.7. The fourth-order valence-corrected chi connectivity index (χ4v) is 16.5. The van der Waals surface area contributed by atoms with Gasteiger partial charge in [-0.2, -0.15) is 0 Å². The monoisotopic (exact) mass is 1580 g/mol. The van der Waals surface area contributed by atoms with E-state index in [1.807, 2.05) is 6.92 Å². The number of esters is 2. The summed E-state index contributed by atoms with van der Waals surface area (Å²) in [7, 11) is 0. The molecule has 5 aliphatic heterocycles. The van der Waals surface area contributed by atoms with Crippen LogP contribution in [-0.4, -0.2) is 264 Å². The summed E-state index contributed by atoms with van der Waals surface area (Å²) in [5.74, 6) is -10.9. The first kappa shape index (κ1) is 93.7. The van der Waals surface area contributed by atoms with Crippen molar-refractivity contribution in [3.8, 4) is 0 Å². The molecule has 1 aliphatic carbocycles. The van der Waals surface area contributed by atoms with Crippen LogP contribution in [0.2, 0.25) is 0 Å². The molecular formula is C82H130O29. The Morgan fingerprint density at radius 1 is 0.622 bits per heavy atom. The summed E-state index contributed by atoms with van der Waals surface area (Å²) >= 11 is 0. The highest BCUT2D eigenvalue weighted by Crippen LogP contribution is 2.41. The van der Waals surface area contributed by atoms with Crippen molar-refractivity contribution in [2.24, 2.45) is 35.5 Å². The standard InChI is InChI=1S/C82H130O29/c1-13-66(106-70-40-81(12,101)79(50(11)105-70)109-69-38-65(93)77(49(10)104-69)110-80(100)47(8)76(108-68-30-29-63(91)48(9)103-68)51-25-28-61-62(32-51)64(92)31-43(4)71(61)95)44(5)73(97)45(6)74(98)46(7)75-42(3)24-27-53(84)18-15-20-56(87)34-57(88)35-58(89)36-60-37-59(90)39-82(102,111-60)78(99)72(96)41(2)23-26-52(83)17-14-19-54(85)33-55(86)21-16-22-67(94)107-75/h16,22,24-25,27-28,31-32,41-42,44-50,52-60,63,65-66,68-70,72-77,79,83-91,93,96-98,101-102H,13-15,17-21,23,26,29-30,33-40H2,1-12H3/t41-,42+,44+,45-,46+,47-,48+,49+,50+,52-,53+,54-,55+,56-,57-,58+,59+,60-,63+,65+,66+,68+,69+,70+,72+,73+,74+,75+,76+,77-,79-,81-,82-/m1/s1. The molecule has 632 valence electrons. The van der Waals surface area contributed by atoms with Crippen LogP contribution in [0.15, 0.2) is 54.2 Å². The Bertz CT molecular complexity index is 3200. The van der Waals surface area contributed by atoms with Crippen LogP contribution < -0.4 is 0 Å². The van der Waals surface area contributed by atoms with Crippen LogP contribution in [0, 0.1) is 35.5 Å². The smallest absolute Gasteiger partial charge is 0.330 e. The van der Waals surface area contributed by atoms with Gasteiger partial charge >= 0.3 is 11.9 Å². The lowest BCUT2D eigenvalue weighted by Crippen LogP contribution is -2.59. The number of hydrogen-bond donors (Lipinski definition) is 15. The highest BCUT2D eigenvalue weighted by molar-refractivity contribution is 6.24. The maximum absolute atomic E-state index is 14.2. The predicted octanol–water partition coefficient (Wildman–Crippen LogP) is 4.76. The molecule has 0 saturated carbocycles. The van der Waals surface area contributed by atoms with E-state index in [1.165, 1.54) is 30.4 Å². The van der Waals surface area contributed by atoms with Crippen molar-refractivity contribution < 1.29 is 143 Å². The number of Topliss-reactive ketones (excluding diaryl/α,β-unsaturated/α-hetero) is 2. The van der Waals surface area contributed by atoms with Crippen molar-refractivity contribution in [2.45, 2.75) is 376 Å². The number of cyclic esters (lactones) is 1. The van der Waals surface area contributed by atoms with Gasteiger partial charge < -0.3 is 119 Å². The Morgan fingerprint density at radius 2 is 1.24 bits per heavy atom. The molecule has 1 aromatic carbocycles. The van der Waals surface area contributed by atoms with Crippen molar-refractivity contribution in [1.29, 1.82) is 0 Å². The van der Waals surface area contributed by atoms with E-state index < -0.39 is 224 Å². The first-order valence-electron chi connectivity index (χ1n) is 40.2. The third-order valence-corrected chi connectivity index (χ3v) is 23.4. The molecule has 0 unspecified atom stereocenters. The molecule has 29 heteroatoms. The number of fused-ring (bicyclic) bond motifs is 3. The maximum atomic E-state index is 14.2. The summed E-state index contributed by atoms with van der Waals surface area (Å²) in [6, 6.07) is 4.63. The lowest BCUT2D eigenvalue weighted by Gasteiger charge is -2.47. The van der Waals surface area contributed by atoms with Gasteiger partial charge in [0.25, 0.3) is 0 Å². The molecule has 111 heavy (non-hydrogen) atoms. The summed E-state index contributed by atoms with van der Waals surface area (Å²) in [5, 5.41) is 168. The number of aliphatic hydroxyl groups excluding tert-OH is 13. The Labute approximate surface area is 652 Å². The second kappa shape index (κ2) is 42.6. The van der Waals surface area contributed by atoms with Gasteiger partial charge in [-0.15, -0.1) is 0 Å². The number of carbonyl (C=O) groups excluding carboxylic acids is 5. The van der Waals surface area contributed by atoms with Gasteiger partial charge in [0, 0.05) is 72.1 Å². The van der Waals surface area contributed by atoms with E-state index in [4.69, 9.17) is 42.6 Å². The average molecular weight is 1580 g/mol. The quantitative estimate of drug-likeness (QED) is 0.0738. The number of rotatable bonds is 17. The predicted molar refractivity (Wildman–Crippen MR) is 400 cm³/mol. The number of allylic oxidation sites excluding steroid dienone is 2. The molecule has 5 heterocycles. The first-order valence-corrected chi connectivity index (χ1v) is 40.2. The zero-order valence-corrected chi connectivity index (χ0v) is 66.6. The maximum Gasteiger partial charge on any atom is 0.330 e. The van der Waals surface area contributed by atoms with Crippen LogP contribution in [0.5, 0.6) is 0 Å². The van der Waals surface area contributed by atoms with Crippen LogP contribution in [-0.2, 0) is 57.0 Å². The van der Waals surface area contributed by atoms with Crippen molar-refractivity contribution in [3.05, 3.63) is 70.8 Å². The van der Waals surface area contributed by atoms with Gasteiger partial charge in [-0.05, 0) is 174 Å². The largest absolute Gasteiger partial charge is 0.458 e. The summed E-state index contributed by atoms with van der Waals surface area (Å²) in [5.41, 5.74) is -0.593. The Morgan fingerprint density at radius 3 is 1.90 bits per heavy atom. The lowest BCUT2D eigenvalue weighted by atomic mass is 9.78. The second-order valence-electron chi connectivity index (χ2n) is 33.2. The van der Waals surface area contributed by atoms with Crippen molar-refractivity contribution in [1.82, 2.24) is 0 Å². The topological polar surface area (TPSA) is 472 Å². The van der Waals surface area contributed by atoms with E-state index in [1.54, 1.807) is 88.3 Å². The molecule has 29 nitrogen and oxygen atoms in total. The lowest BCUT2D eigenvalue weighted by molar-refractivity contribution is -0.336. The average Bonchev–Trinajstić information content (AvgIpc) is 0.800. The molecule has 1 aromatic rings. The zero-order valence-electron chi connectivity index (χ0n) is 66.6. The molecule has 0 amide bonds. The molecule has 0 spiro atoms. The third-order valence-electron chi connectivity index (χ3n) is 23.4. The van der Waals surface area contributed by atoms with Gasteiger partial charge in [0.15, 0.2) is 36.5 Å². The Balaban J connectivity index is 0.951. The fraction of sp³-hybridized carbons (Fsp3) is 0.793. The van der Waals surface area contributed by atoms with E-state index in [-0.39, 0.29) is 119 Å². The van der Waals surface area contributed by atoms with E-state index in [2.05, 4.69) is 0 Å². The minimum atomic E-state index is -2.58. The van der Waals surface area contributed by atoms with Gasteiger partial charge in [-0.25, -0.2) is 4.79 Å². The van der Waals surface area contributed by atoms with Crippen LogP contribution in [0.1, 0.15) is 244 Å². The van der Waals surface area contributed by atoms with E-state index >= 15 is 0 Å². The van der Waals surface area contributed by atoms with Crippen LogP contribution in [0.4, 0.5) is 0 Å². The van der Waals surface area contributed by atoms with E-state index in [0.29, 0.717) is 36.8 Å². The van der Waals surface area contributed by atoms with Crippen LogP contribution in [0.25, 0.3) is 0 Å². The summed E-state index contributed by atoms with van der Waals surface area (Å²) in [4.78, 5) is 67.6. The number of ketones is 3. The number of ether oxygens (including phenoxy) is 9. The third kappa shape index (κ3) is 26.5. The molecule has 15 N–H and O–H groups in total. The SMILES string of the molecule is CC[C@H](O[C@H]1C[C@@](C)(O)[C@H](O[C@H]2C[C@H](O)[C@H](OC(=O)[C@H](C)[C@H](O[C@H]3CC[C@H](O)[C@H](C)O3)c3ccc4c(c3)C(=O)C=C(C)C4=O)[C@H](C)O2)[C@H](C)O1)[C@H](C)[C@H](O)[C@@H](C)[C@H](O)[C@H](C)[C@H]1OC(=O)C=CC[C@H](O)C[C@H](O)CCC[C@@H](O)CC[C@@H](C)[C@H](O)C(=O)[C@@]2(O)C[C@@H](O)C[C@@H](C[C@@H](O)C[C@H](O)C[C@H](O)CCC[C@H](O)C=C[C@@H]1C)O2. The molecule has 4 saturated heterocycles. The number of aliphatic hydroxyl groups is 15. The normalized spacial score (nSPS) is 39.4. The van der Waals surface area contributed by atoms with Gasteiger partial charge in [-0.3, -0.25) is 19.2 Å². The van der Waals surface area contributed by atoms with Crippen LogP contribution >= 0.6 is 0 Å². The summed E-state index contributed by atoms with van der Waals surface area (Å²) in [6.45, 7) is 19.8. The first-order chi connectivity index (χ1) is 52.1. The van der Waals surface area contributed by atoms with Gasteiger partial charge in [0.05, 0.1) is 121 Å². The van der Waals surface area contributed by atoms with Crippen LogP contribution in [0.3, 0.4) is 0 Å². The van der Waals surface area contributed by atoms with Crippen molar-refractivity contribution in [2.75, 3.05) is 0 Å². The second-order valence-corrected chi connectivity index (χ2v) is 33.2. The number of benzene rings is 1. The summed E-state index contributed by atoms with van der Waals surface area (Å²) < 4.78 is 55.7. The Hall–Kier alpha value is -4.49. The molecule has 0 aromatic heterocycles. The van der Waals surface area contributed by atoms with Gasteiger partial charge in [0.1, 0.15) is 18.3 Å². The van der Waals surface area contributed by atoms with Gasteiger partial charge in [-0.1, -0.05) is 65.8 Å². The number of carbonyl (C=O) groups is 5.